The number of hydrogen-bond acceptors (Lipinski definition) is 4. The van der Waals surface area contributed by atoms with Gasteiger partial charge in [0, 0.05) is 5.38 Å². The number of aromatic nitrogens is 1. The molecule has 0 saturated heterocycles. The van der Waals surface area contributed by atoms with Gasteiger partial charge in [-0.05, 0) is 43.9 Å². The van der Waals surface area contributed by atoms with Crippen LogP contribution in [0.1, 0.15) is 57.2 Å². The summed E-state index contributed by atoms with van der Waals surface area (Å²) in [4.78, 5) is 16.2. The van der Waals surface area contributed by atoms with E-state index >= 15 is 0 Å². The minimum Gasteiger partial charge on any atom is -0.462 e. The van der Waals surface area contributed by atoms with Gasteiger partial charge in [-0.3, -0.25) is 4.79 Å². The van der Waals surface area contributed by atoms with Crippen molar-refractivity contribution in [3.8, 4) is 0 Å². The van der Waals surface area contributed by atoms with Crippen LogP contribution in [0.25, 0.3) is 0 Å². The second-order valence-corrected chi connectivity index (χ2v) is 7.93. The van der Waals surface area contributed by atoms with E-state index in [1.165, 1.54) is 0 Å². The molecule has 1 aromatic heterocycles. The van der Waals surface area contributed by atoms with Crippen molar-refractivity contribution < 1.29 is 9.53 Å². The topological polar surface area (TPSA) is 39.2 Å². The lowest BCUT2D eigenvalue weighted by molar-refractivity contribution is -0.150. The molecule has 0 unspecified atom stereocenters. The smallest absolute Gasteiger partial charge is 0.312 e. The highest BCUT2D eigenvalue weighted by atomic mass is 32.1. The maximum Gasteiger partial charge on any atom is 0.312 e. The molecule has 112 valence electrons. The molecule has 0 aromatic carbocycles. The number of thiazole rings is 1. The molecule has 2 rings (SSSR count). The average molecular weight is 295 g/mol. The second kappa shape index (κ2) is 6.25. The summed E-state index contributed by atoms with van der Waals surface area (Å²) in [5.74, 6) is 0.619. The zero-order valence-electron chi connectivity index (χ0n) is 12.9. The average Bonchev–Trinajstić information content (AvgIpc) is 2.74. The number of ether oxygens (including phenoxy) is 1. The predicted octanol–water partition coefficient (Wildman–Crippen LogP) is 4.14. The van der Waals surface area contributed by atoms with Crippen LogP contribution in [-0.2, 0) is 16.0 Å². The van der Waals surface area contributed by atoms with Crippen LogP contribution in [0.2, 0.25) is 0 Å². The summed E-state index contributed by atoms with van der Waals surface area (Å²) in [6, 6.07) is 0. The fraction of sp³-hybridized carbons (Fsp3) is 0.750. The van der Waals surface area contributed by atoms with E-state index in [0.717, 1.165) is 42.3 Å². The predicted molar refractivity (Wildman–Crippen MR) is 81.8 cm³/mol. The third-order valence-electron chi connectivity index (χ3n) is 4.19. The fourth-order valence-corrected chi connectivity index (χ4v) is 3.52. The van der Waals surface area contributed by atoms with Crippen LogP contribution in [0, 0.1) is 18.3 Å². The first kappa shape index (κ1) is 15.5. The number of esters is 1. The van der Waals surface area contributed by atoms with Crippen molar-refractivity contribution in [2.45, 2.75) is 65.9 Å². The maximum absolute atomic E-state index is 11.9. The summed E-state index contributed by atoms with van der Waals surface area (Å²) < 4.78 is 5.59. The van der Waals surface area contributed by atoms with Crippen LogP contribution in [-0.4, -0.2) is 17.1 Å². The SMILES string of the molecule is Cc1nc(CC(=O)OC2CCC(C(C)(C)C)CC2)cs1. The van der Waals surface area contributed by atoms with E-state index in [2.05, 4.69) is 25.8 Å². The first-order valence-corrected chi connectivity index (χ1v) is 8.33. The van der Waals surface area contributed by atoms with Gasteiger partial charge in [0.05, 0.1) is 17.1 Å². The van der Waals surface area contributed by atoms with Crippen LogP contribution in [0.3, 0.4) is 0 Å². The molecule has 0 amide bonds. The summed E-state index contributed by atoms with van der Waals surface area (Å²) >= 11 is 1.58. The number of carbonyl (C=O) groups excluding carboxylic acids is 1. The Kier molecular flexibility index (Phi) is 4.84. The molecule has 0 N–H and O–H groups in total. The van der Waals surface area contributed by atoms with Gasteiger partial charge >= 0.3 is 5.97 Å². The number of aryl methyl sites for hydroxylation is 1. The summed E-state index contributed by atoms with van der Waals surface area (Å²) in [5.41, 5.74) is 1.20. The zero-order valence-corrected chi connectivity index (χ0v) is 13.8. The molecule has 1 fully saturated rings. The third-order valence-corrected chi connectivity index (χ3v) is 5.01. The monoisotopic (exact) mass is 295 g/mol. The largest absolute Gasteiger partial charge is 0.462 e. The van der Waals surface area contributed by atoms with Gasteiger partial charge in [-0.2, -0.15) is 0 Å². The normalized spacial score (nSPS) is 23.6. The molecule has 1 aromatic rings. The lowest BCUT2D eigenvalue weighted by atomic mass is 9.72. The number of rotatable bonds is 3. The highest BCUT2D eigenvalue weighted by molar-refractivity contribution is 7.09. The Morgan fingerprint density at radius 3 is 2.50 bits per heavy atom. The number of nitrogens with zero attached hydrogens (tertiary/aromatic N) is 1. The van der Waals surface area contributed by atoms with E-state index < -0.39 is 0 Å². The van der Waals surface area contributed by atoms with Crippen molar-refractivity contribution in [1.82, 2.24) is 4.98 Å². The Morgan fingerprint density at radius 1 is 1.35 bits per heavy atom. The fourth-order valence-electron chi connectivity index (χ4n) is 2.91. The van der Waals surface area contributed by atoms with Crippen molar-refractivity contribution in [3.05, 3.63) is 16.1 Å². The van der Waals surface area contributed by atoms with Gasteiger partial charge in [0.2, 0.25) is 0 Å². The maximum atomic E-state index is 11.9. The first-order valence-electron chi connectivity index (χ1n) is 7.45. The summed E-state index contributed by atoms with van der Waals surface area (Å²) in [7, 11) is 0. The van der Waals surface area contributed by atoms with Gasteiger partial charge in [0.25, 0.3) is 0 Å². The standard InChI is InChI=1S/C16H25NO2S/c1-11-17-13(10-20-11)9-15(18)19-14-7-5-12(6-8-14)16(2,3)4/h10,12,14H,5-9H2,1-4H3. The highest BCUT2D eigenvalue weighted by Crippen LogP contribution is 2.38. The van der Waals surface area contributed by atoms with Gasteiger partial charge in [-0.1, -0.05) is 20.8 Å². The van der Waals surface area contributed by atoms with Crippen LogP contribution in [0.15, 0.2) is 5.38 Å². The lowest BCUT2D eigenvalue weighted by Gasteiger charge is -2.36. The number of carbonyl (C=O) groups is 1. The molecular formula is C16H25NO2S. The molecule has 0 spiro atoms. The molecular weight excluding hydrogens is 270 g/mol. The molecule has 20 heavy (non-hydrogen) atoms. The summed E-state index contributed by atoms with van der Waals surface area (Å²) in [6.45, 7) is 8.85. The minimum atomic E-state index is -0.130. The van der Waals surface area contributed by atoms with E-state index in [1.54, 1.807) is 11.3 Å². The Balaban J connectivity index is 1.76. The molecule has 1 heterocycles. The summed E-state index contributed by atoms with van der Waals surface area (Å²) in [6.07, 6.45) is 4.76. The Morgan fingerprint density at radius 2 is 2.00 bits per heavy atom. The summed E-state index contributed by atoms with van der Waals surface area (Å²) in [5, 5.41) is 2.94. The van der Waals surface area contributed by atoms with Crippen molar-refractivity contribution in [1.29, 1.82) is 0 Å². The Bertz CT molecular complexity index is 453. The molecule has 0 aliphatic heterocycles. The van der Waals surface area contributed by atoms with Crippen molar-refractivity contribution in [2.75, 3.05) is 0 Å². The second-order valence-electron chi connectivity index (χ2n) is 6.86. The third kappa shape index (κ3) is 4.30. The highest BCUT2D eigenvalue weighted by Gasteiger charge is 2.31. The van der Waals surface area contributed by atoms with Gasteiger partial charge in [0.15, 0.2) is 0 Å². The van der Waals surface area contributed by atoms with E-state index in [4.69, 9.17) is 4.74 Å². The van der Waals surface area contributed by atoms with E-state index in [0.29, 0.717) is 11.8 Å². The van der Waals surface area contributed by atoms with Gasteiger partial charge in [0.1, 0.15) is 6.10 Å². The van der Waals surface area contributed by atoms with Gasteiger partial charge in [-0.25, -0.2) is 4.98 Å². The van der Waals surface area contributed by atoms with Crippen LogP contribution in [0.5, 0.6) is 0 Å². The van der Waals surface area contributed by atoms with Gasteiger partial charge < -0.3 is 4.74 Å². The quantitative estimate of drug-likeness (QED) is 0.787. The van der Waals surface area contributed by atoms with Crippen molar-refractivity contribution >= 4 is 17.3 Å². The molecule has 1 aliphatic carbocycles. The molecule has 1 saturated carbocycles. The molecule has 1 aliphatic rings. The molecule has 0 bridgehead atoms. The van der Waals surface area contributed by atoms with E-state index in [9.17, 15) is 4.79 Å². The van der Waals surface area contributed by atoms with E-state index in [1.807, 2.05) is 12.3 Å². The molecule has 3 nitrogen and oxygen atoms in total. The Hall–Kier alpha value is -0.900. The van der Waals surface area contributed by atoms with Gasteiger partial charge in [-0.15, -0.1) is 11.3 Å². The van der Waals surface area contributed by atoms with Crippen LogP contribution in [0.4, 0.5) is 0 Å². The molecule has 4 heteroatoms. The Labute approximate surface area is 125 Å². The van der Waals surface area contributed by atoms with Crippen molar-refractivity contribution in [2.24, 2.45) is 11.3 Å². The van der Waals surface area contributed by atoms with E-state index in [-0.39, 0.29) is 12.1 Å². The lowest BCUT2D eigenvalue weighted by Crippen LogP contribution is -2.30. The minimum absolute atomic E-state index is 0.112. The number of hydrogen-bond donors (Lipinski definition) is 0. The van der Waals surface area contributed by atoms with Crippen LogP contribution >= 0.6 is 11.3 Å². The first-order chi connectivity index (χ1) is 9.34. The molecule has 0 radical (unpaired) electrons. The molecule has 0 atom stereocenters. The van der Waals surface area contributed by atoms with Crippen LogP contribution < -0.4 is 0 Å². The van der Waals surface area contributed by atoms with Crippen molar-refractivity contribution in [3.63, 3.8) is 0 Å². The zero-order chi connectivity index (χ0) is 14.8.